The molecule has 0 aliphatic rings. The van der Waals surface area contributed by atoms with Gasteiger partial charge in [0.1, 0.15) is 10.6 Å². The predicted octanol–water partition coefficient (Wildman–Crippen LogP) is 3.82. The van der Waals surface area contributed by atoms with Gasteiger partial charge in [-0.3, -0.25) is 4.79 Å². The Hall–Kier alpha value is -2.39. The van der Waals surface area contributed by atoms with Gasteiger partial charge in [-0.25, -0.2) is 13.1 Å². The maximum atomic E-state index is 12.8. The standard InChI is InChI=1S/C20H19ClN2O4S2/c1-27-18-7-4-16(20(24)22-11-15-8-9-28-13-15)10-19(18)29(25,26)23-12-14-2-5-17(21)6-3-14/h2-10,13,23H,11-12H2,1H3,(H,22,24). The number of carbonyl (C=O) groups is 1. The molecule has 0 fully saturated rings. The van der Waals surface area contributed by atoms with Crippen LogP contribution in [-0.2, 0) is 23.1 Å². The minimum absolute atomic E-state index is 0.0806. The molecule has 1 aromatic heterocycles. The van der Waals surface area contributed by atoms with Gasteiger partial charge in [-0.15, -0.1) is 0 Å². The van der Waals surface area contributed by atoms with Gasteiger partial charge in [0, 0.05) is 23.7 Å². The van der Waals surface area contributed by atoms with Gasteiger partial charge in [0.25, 0.3) is 5.91 Å². The van der Waals surface area contributed by atoms with Crippen LogP contribution in [0.15, 0.2) is 64.2 Å². The van der Waals surface area contributed by atoms with Gasteiger partial charge in [-0.05, 0) is 58.3 Å². The fraction of sp³-hybridized carbons (Fsp3) is 0.150. The van der Waals surface area contributed by atoms with E-state index in [1.165, 1.54) is 36.6 Å². The van der Waals surface area contributed by atoms with Crippen molar-refractivity contribution >= 4 is 38.9 Å². The topological polar surface area (TPSA) is 84.5 Å². The van der Waals surface area contributed by atoms with E-state index in [9.17, 15) is 13.2 Å². The zero-order chi connectivity index (χ0) is 20.9. The summed E-state index contributed by atoms with van der Waals surface area (Å²) in [5.41, 5.74) is 1.96. The number of sulfonamides is 1. The maximum Gasteiger partial charge on any atom is 0.251 e. The molecule has 0 bridgehead atoms. The van der Waals surface area contributed by atoms with E-state index in [-0.39, 0.29) is 28.7 Å². The molecule has 9 heteroatoms. The first-order valence-corrected chi connectivity index (χ1v) is 11.4. The lowest BCUT2D eigenvalue weighted by molar-refractivity contribution is 0.0950. The van der Waals surface area contributed by atoms with Crippen molar-refractivity contribution in [1.82, 2.24) is 10.0 Å². The number of halogens is 1. The zero-order valence-corrected chi connectivity index (χ0v) is 17.9. The summed E-state index contributed by atoms with van der Waals surface area (Å²) in [5.74, 6) is -0.212. The van der Waals surface area contributed by atoms with E-state index < -0.39 is 10.0 Å². The van der Waals surface area contributed by atoms with E-state index in [4.69, 9.17) is 16.3 Å². The molecule has 0 radical (unpaired) electrons. The van der Waals surface area contributed by atoms with Crippen molar-refractivity contribution in [1.29, 1.82) is 0 Å². The summed E-state index contributed by atoms with van der Waals surface area (Å²) in [5, 5.41) is 7.21. The van der Waals surface area contributed by atoms with E-state index >= 15 is 0 Å². The van der Waals surface area contributed by atoms with Gasteiger partial charge in [0.15, 0.2) is 0 Å². The Morgan fingerprint density at radius 3 is 2.48 bits per heavy atom. The predicted molar refractivity (Wildman–Crippen MR) is 114 cm³/mol. The first-order chi connectivity index (χ1) is 13.9. The molecule has 0 aliphatic carbocycles. The molecule has 152 valence electrons. The fourth-order valence-corrected chi connectivity index (χ4v) is 4.57. The van der Waals surface area contributed by atoms with Crippen LogP contribution in [0.25, 0.3) is 0 Å². The van der Waals surface area contributed by atoms with Gasteiger partial charge in [0.2, 0.25) is 10.0 Å². The van der Waals surface area contributed by atoms with Crippen LogP contribution in [0.3, 0.4) is 0 Å². The van der Waals surface area contributed by atoms with E-state index in [1.807, 2.05) is 16.8 Å². The molecular formula is C20H19ClN2O4S2. The Morgan fingerprint density at radius 2 is 1.83 bits per heavy atom. The summed E-state index contributed by atoms with van der Waals surface area (Å²) >= 11 is 7.39. The van der Waals surface area contributed by atoms with Crippen LogP contribution in [0.2, 0.25) is 5.02 Å². The fourth-order valence-electron chi connectivity index (χ4n) is 2.56. The molecule has 1 amide bonds. The summed E-state index contributed by atoms with van der Waals surface area (Å²) in [7, 11) is -2.53. The molecule has 3 aromatic rings. The normalized spacial score (nSPS) is 11.2. The third-order valence-electron chi connectivity index (χ3n) is 4.13. The molecule has 3 rings (SSSR count). The van der Waals surface area contributed by atoms with Crippen LogP contribution in [0.4, 0.5) is 0 Å². The number of rotatable bonds is 8. The monoisotopic (exact) mass is 450 g/mol. The van der Waals surface area contributed by atoms with Crippen molar-refractivity contribution in [2.45, 2.75) is 18.0 Å². The largest absolute Gasteiger partial charge is 0.495 e. The molecule has 0 saturated heterocycles. The van der Waals surface area contributed by atoms with Crippen molar-refractivity contribution in [3.05, 3.63) is 81.0 Å². The first-order valence-electron chi connectivity index (χ1n) is 8.60. The number of ether oxygens (including phenoxy) is 1. The number of hydrogen-bond acceptors (Lipinski definition) is 5. The van der Waals surface area contributed by atoms with Crippen LogP contribution in [-0.4, -0.2) is 21.4 Å². The second kappa shape index (κ2) is 9.41. The zero-order valence-electron chi connectivity index (χ0n) is 15.5. The quantitative estimate of drug-likeness (QED) is 0.546. The van der Waals surface area contributed by atoms with Gasteiger partial charge in [0.05, 0.1) is 7.11 Å². The highest BCUT2D eigenvalue weighted by atomic mass is 35.5. The maximum absolute atomic E-state index is 12.8. The van der Waals surface area contributed by atoms with E-state index in [0.717, 1.165) is 11.1 Å². The summed E-state index contributed by atoms with van der Waals surface area (Å²) in [6.07, 6.45) is 0. The molecule has 29 heavy (non-hydrogen) atoms. The molecule has 6 nitrogen and oxygen atoms in total. The van der Waals surface area contributed by atoms with Crippen molar-refractivity contribution in [3.8, 4) is 5.75 Å². The minimum atomic E-state index is -3.91. The summed E-state index contributed by atoms with van der Waals surface area (Å²) in [6.45, 7) is 0.447. The van der Waals surface area contributed by atoms with Gasteiger partial charge >= 0.3 is 0 Å². The van der Waals surface area contributed by atoms with Crippen LogP contribution >= 0.6 is 22.9 Å². The van der Waals surface area contributed by atoms with Crippen molar-refractivity contribution < 1.29 is 17.9 Å². The highest BCUT2D eigenvalue weighted by Gasteiger charge is 2.21. The number of amides is 1. The van der Waals surface area contributed by atoms with E-state index in [0.29, 0.717) is 11.6 Å². The van der Waals surface area contributed by atoms with Gasteiger partial charge < -0.3 is 10.1 Å². The highest BCUT2D eigenvalue weighted by Crippen LogP contribution is 2.25. The Morgan fingerprint density at radius 1 is 1.07 bits per heavy atom. The third kappa shape index (κ3) is 5.57. The molecule has 0 atom stereocenters. The van der Waals surface area contributed by atoms with Crippen LogP contribution in [0, 0.1) is 0 Å². The number of thiophene rings is 1. The van der Waals surface area contributed by atoms with Gasteiger partial charge in [-0.1, -0.05) is 23.7 Å². The molecule has 2 aromatic carbocycles. The lowest BCUT2D eigenvalue weighted by Gasteiger charge is -2.13. The van der Waals surface area contributed by atoms with Crippen molar-refractivity contribution in [2.75, 3.05) is 7.11 Å². The second-order valence-corrected chi connectivity index (χ2v) is 9.08. The number of benzene rings is 2. The van der Waals surface area contributed by atoms with E-state index in [2.05, 4.69) is 10.0 Å². The Bertz CT molecular complexity index is 1080. The molecule has 2 N–H and O–H groups in total. The van der Waals surface area contributed by atoms with Crippen molar-refractivity contribution in [2.24, 2.45) is 0 Å². The molecule has 0 unspecified atom stereocenters. The van der Waals surface area contributed by atoms with Crippen LogP contribution < -0.4 is 14.8 Å². The lowest BCUT2D eigenvalue weighted by Crippen LogP contribution is -2.26. The first kappa shape index (κ1) is 21.3. The van der Waals surface area contributed by atoms with Crippen molar-refractivity contribution in [3.63, 3.8) is 0 Å². The summed E-state index contributed by atoms with van der Waals surface area (Å²) < 4.78 is 33.4. The Labute approximate surface area is 178 Å². The Kier molecular flexibility index (Phi) is 6.92. The SMILES string of the molecule is COc1ccc(C(=O)NCc2ccsc2)cc1S(=O)(=O)NCc1ccc(Cl)cc1. The number of hydrogen-bond donors (Lipinski definition) is 2. The summed E-state index contributed by atoms with van der Waals surface area (Å²) in [6, 6.07) is 13.1. The van der Waals surface area contributed by atoms with E-state index in [1.54, 1.807) is 24.3 Å². The summed E-state index contributed by atoms with van der Waals surface area (Å²) in [4.78, 5) is 12.4. The molecule has 0 saturated carbocycles. The van der Waals surface area contributed by atoms with Crippen LogP contribution in [0.5, 0.6) is 5.75 Å². The molecule has 0 aliphatic heterocycles. The molecular weight excluding hydrogens is 432 g/mol. The highest BCUT2D eigenvalue weighted by molar-refractivity contribution is 7.89. The second-order valence-electron chi connectivity index (χ2n) is 6.13. The molecule has 0 spiro atoms. The van der Waals surface area contributed by atoms with Crippen LogP contribution in [0.1, 0.15) is 21.5 Å². The smallest absolute Gasteiger partial charge is 0.251 e. The number of methoxy groups -OCH3 is 1. The third-order valence-corrected chi connectivity index (χ3v) is 6.53. The molecule has 1 heterocycles. The number of nitrogens with one attached hydrogen (secondary N) is 2. The average molecular weight is 451 g/mol. The Balaban J connectivity index is 1.77. The average Bonchev–Trinajstić information content (AvgIpc) is 3.25. The number of carbonyl (C=O) groups excluding carboxylic acids is 1. The minimum Gasteiger partial charge on any atom is -0.495 e. The lowest BCUT2D eigenvalue weighted by atomic mass is 10.2. The van der Waals surface area contributed by atoms with Gasteiger partial charge in [-0.2, -0.15) is 11.3 Å².